The first kappa shape index (κ1) is 17.7. The first-order valence-electron chi connectivity index (χ1n) is 7.82. The number of carbonyl (C=O) groups excluding carboxylic acids is 1. The molecule has 0 unspecified atom stereocenters. The molecule has 1 aliphatic carbocycles. The lowest BCUT2D eigenvalue weighted by Gasteiger charge is -2.28. The van der Waals surface area contributed by atoms with Crippen molar-refractivity contribution >= 4 is 17.7 Å². The molecule has 3 N–H and O–H groups in total. The molecule has 116 valence electrons. The van der Waals surface area contributed by atoms with Crippen LogP contribution in [0.25, 0.3) is 0 Å². The Morgan fingerprint density at radius 3 is 2.60 bits per heavy atom. The largest absolute Gasteiger partial charge is 0.391 e. The minimum atomic E-state index is -0.608. The summed E-state index contributed by atoms with van der Waals surface area (Å²) < 4.78 is 0. The van der Waals surface area contributed by atoms with Crippen LogP contribution in [0.2, 0.25) is 0 Å². The minimum absolute atomic E-state index is 0.160. The molecule has 0 aromatic carbocycles. The Labute approximate surface area is 128 Å². The van der Waals surface area contributed by atoms with Crippen LogP contribution in [0.15, 0.2) is 12.2 Å². The van der Waals surface area contributed by atoms with Gasteiger partial charge < -0.3 is 10.8 Å². The quantitative estimate of drug-likeness (QED) is 0.477. The summed E-state index contributed by atoms with van der Waals surface area (Å²) in [5.41, 5.74) is 6.12. The van der Waals surface area contributed by atoms with Gasteiger partial charge in [-0.15, -0.1) is 12.6 Å². The number of hydrogen-bond acceptors (Lipinski definition) is 3. The van der Waals surface area contributed by atoms with Crippen molar-refractivity contribution in [3.05, 3.63) is 12.2 Å². The first-order valence-corrected chi connectivity index (χ1v) is 8.27. The number of aliphatic hydroxyl groups excluding tert-OH is 1. The van der Waals surface area contributed by atoms with Crippen molar-refractivity contribution in [1.29, 1.82) is 0 Å². The van der Waals surface area contributed by atoms with E-state index < -0.39 is 6.10 Å². The van der Waals surface area contributed by atoms with Crippen molar-refractivity contribution in [2.24, 2.45) is 17.6 Å². The maximum atomic E-state index is 11.5. The molecule has 0 aromatic rings. The summed E-state index contributed by atoms with van der Waals surface area (Å²) >= 11 is 3.92. The highest BCUT2D eigenvalue weighted by Gasteiger charge is 2.25. The molecule has 4 heteroatoms. The Hall–Kier alpha value is -0.320. The fraction of sp³-hybridized carbons (Fsp3) is 0.812. The van der Waals surface area contributed by atoms with Crippen LogP contribution in [-0.2, 0) is 4.79 Å². The van der Waals surface area contributed by atoms with Gasteiger partial charge in [-0.3, -0.25) is 4.79 Å². The molecule has 1 fully saturated rings. The van der Waals surface area contributed by atoms with E-state index in [1.54, 1.807) is 0 Å². The Balaban J connectivity index is 2.41. The predicted octanol–water partition coefficient (Wildman–Crippen LogP) is 3.07. The Bertz CT molecular complexity index is 314. The number of rotatable bonds is 8. The summed E-state index contributed by atoms with van der Waals surface area (Å²) in [7, 11) is 0. The molecule has 3 nitrogen and oxygen atoms in total. The van der Waals surface area contributed by atoms with Crippen LogP contribution in [-0.4, -0.2) is 22.4 Å². The fourth-order valence-electron chi connectivity index (χ4n) is 3.03. The molecule has 1 saturated carbocycles. The zero-order valence-corrected chi connectivity index (χ0v) is 13.4. The molecule has 0 heterocycles. The molecule has 0 aromatic heterocycles. The van der Waals surface area contributed by atoms with Gasteiger partial charge >= 0.3 is 0 Å². The second kappa shape index (κ2) is 9.59. The number of thiol groups is 1. The molecule has 0 bridgehead atoms. The molecule has 20 heavy (non-hydrogen) atoms. The van der Waals surface area contributed by atoms with Crippen LogP contribution in [0.4, 0.5) is 0 Å². The second-order valence-electron chi connectivity index (χ2n) is 6.05. The van der Waals surface area contributed by atoms with Crippen LogP contribution in [0.5, 0.6) is 0 Å². The summed E-state index contributed by atoms with van der Waals surface area (Å²) in [6.07, 6.45) is 11.5. The predicted molar refractivity (Wildman–Crippen MR) is 86.7 cm³/mol. The molecule has 1 aliphatic rings. The lowest BCUT2D eigenvalue weighted by molar-refractivity contribution is -0.115. The van der Waals surface area contributed by atoms with Gasteiger partial charge in [-0.1, -0.05) is 44.3 Å². The summed E-state index contributed by atoms with van der Waals surface area (Å²) in [5.74, 6) is 0.413. The fourth-order valence-corrected chi connectivity index (χ4v) is 3.24. The van der Waals surface area contributed by atoms with E-state index in [0.29, 0.717) is 18.8 Å². The van der Waals surface area contributed by atoms with Gasteiger partial charge in [0.2, 0.25) is 0 Å². The van der Waals surface area contributed by atoms with E-state index >= 15 is 0 Å². The van der Waals surface area contributed by atoms with Gasteiger partial charge in [0.05, 0.1) is 6.10 Å². The maximum Gasteiger partial charge on any atom is 0.189 e. The normalized spacial score (nSPS) is 21.8. The zero-order chi connectivity index (χ0) is 15.0. The van der Waals surface area contributed by atoms with E-state index in [2.05, 4.69) is 12.6 Å². The lowest BCUT2D eigenvalue weighted by Crippen LogP contribution is -2.38. The molecule has 0 radical (unpaired) electrons. The second-order valence-corrected chi connectivity index (χ2v) is 6.49. The van der Waals surface area contributed by atoms with E-state index in [1.807, 2.05) is 19.1 Å². The van der Waals surface area contributed by atoms with Crippen LogP contribution < -0.4 is 5.73 Å². The van der Waals surface area contributed by atoms with Gasteiger partial charge in [-0.2, -0.15) is 0 Å². The molecule has 0 saturated heterocycles. The number of carbonyl (C=O) groups is 1. The van der Waals surface area contributed by atoms with Crippen molar-refractivity contribution in [3.8, 4) is 0 Å². The van der Waals surface area contributed by atoms with Gasteiger partial charge in [-0.25, -0.2) is 0 Å². The van der Waals surface area contributed by atoms with E-state index in [1.165, 1.54) is 32.1 Å². The highest BCUT2D eigenvalue weighted by atomic mass is 32.1. The Kier molecular flexibility index (Phi) is 8.50. The summed E-state index contributed by atoms with van der Waals surface area (Å²) in [6, 6.07) is -0.223. The molecule has 3 atom stereocenters. The van der Waals surface area contributed by atoms with E-state index in [4.69, 9.17) is 5.73 Å². The Morgan fingerprint density at radius 2 is 2.05 bits per heavy atom. The number of hydrogen-bond donors (Lipinski definition) is 3. The number of nitrogens with two attached hydrogens (primary N) is 1. The van der Waals surface area contributed by atoms with Gasteiger partial charge in [0.1, 0.15) is 0 Å². The topological polar surface area (TPSA) is 63.3 Å². The van der Waals surface area contributed by atoms with Crippen molar-refractivity contribution in [2.75, 3.05) is 0 Å². The third-order valence-electron chi connectivity index (χ3n) is 4.36. The molecular weight excluding hydrogens is 270 g/mol. The van der Waals surface area contributed by atoms with Crippen molar-refractivity contribution in [2.45, 2.75) is 70.4 Å². The lowest BCUT2D eigenvalue weighted by atomic mass is 9.82. The summed E-state index contributed by atoms with van der Waals surface area (Å²) in [6.45, 7) is 1.92. The van der Waals surface area contributed by atoms with Crippen molar-refractivity contribution < 1.29 is 9.90 Å². The molecule has 0 aliphatic heterocycles. The van der Waals surface area contributed by atoms with Crippen LogP contribution in [0, 0.1) is 11.8 Å². The van der Waals surface area contributed by atoms with Gasteiger partial charge in [-0.05, 0) is 32.1 Å². The molecule has 0 spiro atoms. The third kappa shape index (κ3) is 6.42. The van der Waals surface area contributed by atoms with E-state index in [9.17, 15) is 9.90 Å². The van der Waals surface area contributed by atoms with Crippen LogP contribution in [0.3, 0.4) is 0 Å². The van der Waals surface area contributed by atoms with Crippen molar-refractivity contribution in [1.82, 2.24) is 0 Å². The van der Waals surface area contributed by atoms with E-state index in [0.717, 1.165) is 6.42 Å². The number of aliphatic hydroxyl groups is 1. The first-order chi connectivity index (χ1) is 9.54. The van der Waals surface area contributed by atoms with Gasteiger partial charge in [0.15, 0.2) is 5.12 Å². The summed E-state index contributed by atoms with van der Waals surface area (Å²) in [4.78, 5) is 11.5. The van der Waals surface area contributed by atoms with E-state index in [-0.39, 0.29) is 17.1 Å². The zero-order valence-electron chi connectivity index (χ0n) is 12.5. The maximum absolute atomic E-state index is 11.5. The highest BCUT2D eigenvalue weighted by molar-refractivity contribution is 7.96. The van der Waals surface area contributed by atoms with Crippen LogP contribution in [0.1, 0.15) is 58.3 Å². The third-order valence-corrected chi connectivity index (χ3v) is 4.72. The summed E-state index contributed by atoms with van der Waals surface area (Å²) in [5, 5.41) is 10.1. The van der Waals surface area contributed by atoms with Gasteiger partial charge in [0, 0.05) is 12.0 Å². The SMILES string of the molecule is C/C=C/C[C@H](C[C@H](O)[C@@H](N)CC1CCCCC1)C(=O)S. The van der Waals surface area contributed by atoms with Crippen molar-refractivity contribution in [3.63, 3.8) is 0 Å². The standard InChI is InChI=1S/C16H29NO2S/c1-2-3-9-13(16(19)20)11-15(18)14(17)10-12-7-5-4-6-8-12/h2-3,12-15,18H,4-11,17H2,1H3,(H,19,20)/b3-2+/t13-,14+,15+/m1/s1. The average molecular weight is 299 g/mol. The smallest absolute Gasteiger partial charge is 0.189 e. The average Bonchev–Trinajstić information content (AvgIpc) is 2.43. The number of allylic oxidation sites excluding steroid dienone is 2. The minimum Gasteiger partial charge on any atom is -0.391 e. The Morgan fingerprint density at radius 1 is 1.40 bits per heavy atom. The van der Waals surface area contributed by atoms with Crippen LogP contribution >= 0.6 is 12.6 Å². The molecular formula is C16H29NO2S. The molecule has 0 amide bonds. The highest BCUT2D eigenvalue weighted by Crippen LogP contribution is 2.28. The molecule has 1 rings (SSSR count). The van der Waals surface area contributed by atoms with Gasteiger partial charge in [0.25, 0.3) is 0 Å². The monoisotopic (exact) mass is 299 g/mol.